The predicted octanol–water partition coefficient (Wildman–Crippen LogP) is 3.79. The summed E-state index contributed by atoms with van der Waals surface area (Å²) in [5.74, 6) is 0.995. The lowest BCUT2D eigenvalue weighted by Crippen LogP contribution is -2.18. The van der Waals surface area contributed by atoms with Crippen LogP contribution in [0.3, 0.4) is 0 Å². The zero-order valence-corrected chi connectivity index (χ0v) is 16.3. The highest BCUT2D eigenvalue weighted by atomic mass is 16.1. The Labute approximate surface area is 163 Å². The van der Waals surface area contributed by atoms with Gasteiger partial charge in [0.2, 0.25) is 0 Å². The Kier molecular flexibility index (Phi) is 3.56. The fourth-order valence-corrected chi connectivity index (χ4v) is 4.06. The first kappa shape index (κ1) is 16.9. The molecule has 0 unspecified atom stereocenters. The van der Waals surface area contributed by atoms with Crippen LogP contribution in [0, 0.1) is 13.8 Å². The van der Waals surface area contributed by atoms with Gasteiger partial charge in [0.05, 0.1) is 5.41 Å². The van der Waals surface area contributed by atoms with Crippen molar-refractivity contribution in [2.45, 2.75) is 32.1 Å². The third-order valence-electron chi connectivity index (χ3n) is 5.88. The van der Waals surface area contributed by atoms with Gasteiger partial charge in [-0.25, -0.2) is 0 Å². The summed E-state index contributed by atoms with van der Waals surface area (Å²) < 4.78 is 3.75. The molecule has 4 aromatic rings. The Morgan fingerprint density at radius 2 is 1.68 bits per heavy atom. The van der Waals surface area contributed by atoms with Gasteiger partial charge in [0.1, 0.15) is 5.82 Å². The molecule has 1 aliphatic rings. The van der Waals surface area contributed by atoms with Crippen molar-refractivity contribution in [1.82, 2.24) is 19.2 Å². The molecule has 1 saturated carbocycles. The molecule has 1 fully saturated rings. The zero-order chi connectivity index (χ0) is 19.5. The molecule has 5 heteroatoms. The van der Waals surface area contributed by atoms with Crippen LogP contribution in [0.2, 0.25) is 0 Å². The van der Waals surface area contributed by atoms with Crippen LogP contribution in [0.15, 0.2) is 59.7 Å². The molecule has 0 atom stereocenters. The highest BCUT2D eigenvalue weighted by molar-refractivity contribution is 5.65. The maximum absolute atomic E-state index is 12.0. The molecule has 28 heavy (non-hydrogen) atoms. The van der Waals surface area contributed by atoms with Gasteiger partial charge >= 0.3 is 0 Å². The number of rotatable bonds is 3. The number of hydrogen-bond acceptors (Lipinski definition) is 3. The number of nitrogens with zero attached hydrogens (tertiary/aromatic N) is 4. The van der Waals surface area contributed by atoms with Crippen molar-refractivity contribution in [3.63, 3.8) is 0 Å². The van der Waals surface area contributed by atoms with Gasteiger partial charge in [-0.05, 0) is 61.6 Å². The average molecular weight is 370 g/mol. The summed E-state index contributed by atoms with van der Waals surface area (Å²) in [6.45, 7) is 3.96. The second kappa shape index (κ2) is 5.89. The van der Waals surface area contributed by atoms with E-state index in [1.807, 2.05) is 31.3 Å². The number of aromatic nitrogens is 4. The molecular formula is C23H22N4O. The third-order valence-corrected chi connectivity index (χ3v) is 5.88. The van der Waals surface area contributed by atoms with Gasteiger partial charge in [-0.2, -0.15) is 0 Å². The average Bonchev–Trinajstić information content (AvgIpc) is 3.38. The minimum atomic E-state index is -0.0504. The van der Waals surface area contributed by atoms with E-state index in [4.69, 9.17) is 0 Å². The number of fused-ring (bicyclic) bond motifs is 1. The van der Waals surface area contributed by atoms with Gasteiger partial charge < -0.3 is 4.57 Å². The Balaban J connectivity index is 1.66. The molecule has 0 bridgehead atoms. The van der Waals surface area contributed by atoms with Crippen LogP contribution < -0.4 is 5.56 Å². The van der Waals surface area contributed by atoms with Crippen LogP contribution in [0.4, 0.5) is 0 Å². The molecule has 0 amide bonds. The molecule has 0 radical (unpaired) electrons. The molecule has 140 valence electrons. The minimum Gasteiger partial charge on any atom is -0.318 e. The highest BCUT2D eigenvalue weighted by Crippen LogP contribution is 2.52. The van der Waals surface area contributed by atoms with E-state index >= 15 is 0 Å². The fourth-order valence-electron chi connectivity index (χ4n) is 4.06. The zero-order valence-electron chi connectivity index (χ0n) is 16.3. The summed E-state index contributed by atoms with van der Waals surface area (Å²) in [4.78, 5) is 12.0. The molecule has 5 nitrogen and oxygen atoms in total. The quantitative estimate of drug-likeness (QED) is 0.551. The monoisotopic (exact) mass is 370 g/mol. The van der Waals surface area contributed by atoms with E-state index < -0.39 is 0 Å². The number of hydrogen-bond donors (Lipinski definition) is 0. The van der Waals surface area contributed by atoms with Crippen LogP contribution in [0.25, 0.3) is 16.8 Å². The third kappa shape index (κ3) is 2.50. The normalized spacial score (nSPS) is 15.1. The van der Waals surface area contributed by atoms with E-state index in [9.17, 15) is 4.79 Å². The van der Waals surface area contributed by atoms with Gasteiger partial charge in [-0.15, -0.1) is 10.2 Å². The van der Waals surface area contributed by atoms with E-state index in [-0.39, 0.29) is 11.0 Å². The van der Waals surface area contributed by atoms with Crippen LogP contribution in [-0.4, -0.2) is 19.2 Å². The summed E-state index contributed by atoms with van der Waals surface area (Å²) in [5.41, 5.74) is 6.19. The van der Waals surface area contributed by atoms with Gasteiger partial charge in [0, 0.05) is 25.0 Å². The van der Waals surface area contributed by atoms with Crippen LogP contribution in [0.1, 0.15) is 35.4 Å². The maximum Gasteiger partial charge on any atom is 0.253 e. The van der Waals surface area contributed by atoms with Crippen molar-refractivity contribution >= 4 is 5.65 Å². The smallest absolute Gasteiger partial charge is 0.253 e. The molecule has 5 rings (SSSR count). The molecule has 0 saturated heterocycles. The lowest BCUT2D eigenvalue weighted by molar-refractivity contribution is 0.740. The summed E-state index contributed by atoms with van der Waals surface area (Å²) in [6, 6.07) is 14.7. The first-order chi connectivity index (χ1) is 13.5. The van der Waals surface area contributed by atoms with E-state index in [0.29, 0.717) is 0 Å². The lowest BCUT2D eigenvalue weighted by Gasteiger charge is -2.15. The molecule has 1 aliphatic carbocycles. The SMILES string of the molecule is Cc1ccc(C2(c3nnc4ccc(-c5cc(C)c(=O)n(C)c5)cn34)CC2)cc1. The first-order valence-electron chi connectivity index (χ1n) is 9.58. The van der Waals surface area contributed by atoms with Gasteiger partial charge in [-0.3, -0.25) is 9.20 Å². The molecule has 0 aliphatic heterocycles. The largest absolute Gasteiger partial charge is 0.318 e. The van der Waals surface area contributed by atoms with Gasteiger partial charge in [-0.1, -0.05) is 29.8 Å². The topological polar surface area (TPSA) is 52.2 Å². The fraction of sp³-hybridized carbons (Fsp3) is 0.261. The first-order valence-corrected chi connectivity index (χ1v) is 9.58. The van der Waals surface area contributed by atoms with E-state index in [1.54, 1.807) is 11.6 Å². The molecule has 0 N–H and O–H groups in total. The van der Waals surface area contributed by atoms with E-state index in [2.05, 4.69) is 52.0 Å². The van der Waals surface area contributed by atoms with Crippen molar-refractivity contribution in [3.05, 3.63) is 87.7 Å². The second-order valence-corrected chi connectivity index (χ2v) is 7.95. The lowest BCUT2D eigenvalue weighted by atomic mass is 9.94. The van der Waals surface area contributed by atoms with Gasteiger partial charge in [0.25, 0.3) is 5.56 Å². The van der Waals surface area contributed by atoms with E-state index in [1.165, 1.54) is 11.1 Å². The van der Waals surface area contributed by atoms with E-state index in [0.717, 1.165) is 41.0 Å². The van der Waals surface area contributed by atoms with Crippen LogP contribution >= 0.6 is 0 Å². The predicted molar refractivity (Wildman–Crippen MR) is 110 cm³/mol. The summed E-state index contributed by atoms with van der Waals surface area (Å²) in [5, 5.41) is 8.98. The summed E-state index contributed by atoms with van der Waals surface area (Å²) in [6.07, 6.45) is 6.14. The van der Waals surface area contributed by atoms with Crippen molar-refractivity contribution in [3.8, 4) is 11.1 Å². The van der Waals surface area contributed by atoms with Gasteiger partial charge in [0.15, 0.2) is 5.65 Å². The van der Waals surface area contributed by atoms with Crippen molar-refractivity contribution < 1.29 is 0 Å². The van der Waals surface area contributed by atoms with Crippen molar-refractivity contribution in [2.75, 3.05) is 0 Å². The molecule has 3 heterocycles. The summed E-state index contributed by atoms with van der Waals surface area (Å²) >= 11 is 0. The minimum absolute atomic E-state index is 0.0334. The molecule has 3 aromatic heterocycles. The summed E-state index contributed by atoms with van der Waals surface area (Å²) in [7, 11) is 1.79. The Morgan fingerprint density at radius 1 is 0.929 bits per heavy atom. The highest BCUT2D eigenvalue weighted by Gasteiger charge is 2.49. The number of pyridine rings is 2. The Bertz CT molecular complexity index is 1230. The van der Waals surface area contributed by atoms with Crippen molar-refractivity contribution in [2.24, 2.45) is 7.05 Å². The molecule has 1 aromatic carbocycles. The van der Waals surface area contributed by atoms with Crippen LogP contribution in [-0.2, 0) is 12.5 Å². The Hall–Kier alpha value is -3.21. The molecule has 0 spiro atoms. The number of benzene rings is 1. The maximum atomic E-state index is 12.0. The van der Waals surface area contributed by atoms with Crippen LogP contribution in [0.5, 0.6) is 0 Å². The van der Waals surface area contributed by atoms with Crippen molar-refractivity contribution in [1.29, 1.82) is 0 Å². The standard InChI is InChI=1S/C23H22N4O/c1-15-4-7-19(8-5-15)23(10-11-23)22-25-24-20-9-6-17(14-27(20)22)18-12-16(2)21(28)26(3)13-18/h4-9,12-14H,10-11H2,1-3H3. The Morgan fingerprint density at radius 3 is 2.36 bits per heavy atom. The number of aryl methyl sites for hydroxylation is 3. The molecular weight excluding hydrogens is 348 g/mol. The second-order valence-electron chi connectivity index (χ2n) is 7.95.